The molecule has 2 rings (SSSR count). The minimum absolute atomic E-state index is 0. The van der Waals surface area contributed by atoms with Crippen molar-refractivity contribution in [3.8, 4) is 0 Å². The second-order valence-corrected chi connectivity index (χ2v) is 8.27. The Morgan fingerprint density at radius 3 is 2.15 bits per heavy atom. The van der Waals surface area contributed by atoms with Crippen LogP contribution in [0.5, 0.6) is 0 Å². The molecule has 2 aliphatic rings. The normalized spacial score (nSPS) is 27.1. The van der Waals surface area contributed by atoms with E-state index in [2.05, 4.69) is 53.1 Å². The lowest BCUT2D eigenvalue weighted by Gasteiger charge is -2.38. The number of piperazine rings is 1. The van der Waals surface area contributed by atoms with Gasteiger partial charge in [0.2, 0.25) is 0 Å². The van der Waals surface area contributed by atoms with Crippen LogP contribution < -0.4 is 10.6 Å². The number of aliphatic imine (C=N–C) groups is 1. The van der Waals surface area contributed by atoms with Crippen LogP contribution >= 0.6 is 24.0 Å². The van der Waals surface area contributed by atoms with Gasteiger partial charge < -0.3 is 15.5 Å². The lowest BCUT2D eigenvalue weighted by Crippen LogP contribution is -2.53. The molecule has 154 valence electrons. The van der Waals surface area contributed by atoms with Crippen molar-refractivity contribution in [3.05, 3.63) is 0 Å². The van der Waals surface area contributed by atoms with Gasteiger partial charge in [-0.3, -0.25) is 9.89 Å². The first-order valence-electron chi connectivity index (χ1n) is 10.5. The number of guanidine groups is 1. The van der Waals surface area contributed by atoms with E-state index in [4.69, 9.17) is 0 Å². The average molecular weight is 479 g/mol. The smallest absolute Gasteiger partial charge is 0.191 e. The first kappa shape index (κ1) is 24.0. The molecule has 0 aromatic carbocycles. The van der Waals surface area contributed by atoms with E-state index in [-0.39, 0.29) is 24.0 Å². The minimum Gasteiger partial charge on any atom is -0.355 e. The maximum Gasteiger partial charge on any atom is 0.191 e. The highest BCUT2D eigenvalue weighted by molar-refractivity contribution is 14.0. The van der Waals surface area contributed by atoms with Crippen LogP contribution in [0.2, 0.25) is 0 Å². The SMILES string of the molecule is CCN1CCN(C(C)CNC(=NC)NC2CCC(C(C)C)CC2)CC1.I. The molecule has 1 heterocycles. The predicted octanol–water partition coefficient (Wildman–Crippen LogP) is 3.01. The van der Waals surface area contributed by atoms with E-state index in [1.54, 1.807) is 0 Å². The molecular formula is C20H42IN5. The number of halogens is 1. The molecule has 1 saturated carbocycles. The second kappa shape index (κ2) is 12.4. The molecule has 26 heavy (non-hydrogen) atoms. The van der Waals surface area contributed by atoms with E-state index in [0.717, 1.165) is 24.3 Å². The Hall–Kier alpha value is -0.0800. The molecule has 0 spiro atoms. The van der Waals surface area contributed by atoms with Crippen molar-refractivity contribution in [2.75, 3.05) is 46.3 Å². The number of nitrogens with zero attached hydrogens (tertiary/aromatic N) is 3. The summed E-state index contributed by atoms with van der Waals surface area (Å²) in [4.78, 5) is 9.58. The van der Waals surface area contributed by atoms with Gasteiger partial charge >= 0.3 is 0 Å². The fourth-order valence-corrected chi connectivity index (χ4v) is 4.21. The maximum absolute atomic E-state index is 4.45. The number of rotatable bonds is 6. The molecule has 6 heteroatoms. The highest BCUT2D eigenvalue weighted by Crippen LogP contribution is 2.29. The van der Waals surface area contributed by atoms with Crippen LogP contribution in [0.15, 0.2) is 4.99 Å². The van der Waals surface area contributed by atoms with E-state index in [9.17, 15) is 0 Å². The molecule has 1 aliphatic carbocycles. The molecular weight excluding hydrogens is 437 g/mol. The van der Waals surface area contributed by atoms with Gasteiger partial charge in [-0.2, -0.15) is 0 Å². The van der Waals surface area contributed by atoms with Crippen molar-refractivity contribution < 1.29 is 0 Å². The molecule has 1 aliphatic heterocycles. The predicted molar refractivity (Wildman–Crippen MR) is 124 cm³/mol. The Labute approximate surface area is 178 Å². The third-order valence-electron chi connectivity index (χ3n) is 6.32. The van der Waals surface area contributed by atoms with Gasteiger partial charge in [-0.1, -0.05) is 20.8 Å². The van der Waals surface area contributed by atoms with Crippen molar-refractivity contribution in [2.45, 2.75) is 65.5 Å². The van der Waals surface area contributed by atoms with Gasteiger partial charge in [0.15, 0.2) is 5.96 Å². The monoisotopic (exact) mass is 479 g/mol. The molecule has 1 unspecified atom stereocenters. The van der Waals surface area contributed by atoms with E-state index in [1.807, 2.05) is 7.05 Å². The summed E-state index contributed by atoms with van der Waals surface area (Å²) in [5.41, 5.74) is 0. The summed E-state index contributed by atoms with van der Waals surface area (Å²) >= 11 is 0. The molecule has 1 saturated heterocycles. The van der Waals surface area contributed by atoms with Crippen molar-refractivity contribution in [3.63, 3.8) is 0 Å². The summed E-state index contributed by atoms with van der Waals surface area (Å²) < 4.78 is 0. The van der Waals surface area contributed by atoms with Gasteiger partial charge in [-0.15, -0.1) is 24.0 Å². The third-order valence-corrected chi connectivity index (χ3v) is 6.32. The Morgan fingerprint density at radius 1 is 1.04 bits per heavy atom. The van der Waals surface area contributed by atoms with Crippen molar-refractivity contribution >= 4 is 29.9 Å². The van der Waals surface area contributed by atoms with Crippen LogP contribution in [-0.4, -0.2) is 74.2 Å². The lowest BCUT2D eigenvalue weighted by molar-refractivity contribution is 0.107. The number of hydrogen-bond acceptors (Lipinski definition) is 3. The fraction of sp³-hybridized carbons (Fsp3) is 0.950. The summed E-state index contributed by atoms with van der Waals surface area (Å²) in [5.74, 6) is 2.72. The maximum atomic E-state index is 4.45. The van der Waals surface area contributed by atoms with Crippen LogP contribution in [0.3, 0.4) is 0 Å². The topological polar surface area (TPSA) is 42.9 Å². The van der Waals surface area contributed by atoms with E-state index >= 15 is 0 Å². The molecule has 0 radical (unpaired) electrons. The third kappa shape index (κ3) is 7.50. The Balaban J connectivity index is 0.00000338. The highest BCUT2D eigenvalue weighted by Gasteiger charge is 2.24. The standard InChI is InChI=1S/C20H41N5.HI/c1-6-24-11-13-25(14-12-24)17(4)15-22-20(21-5)23-19-9-7-18(8-10-19)16(2)3;/h16-19H,6-15H2,1-5H3,(H2,21,22,23);1H. The quantitative estimate of drug-likeness (QED) is 0.349. The summed E-state index contributed by atoms with van der Waals surface area (Å²) in [6.45, 7) is 16.2. The summed E-state index contributed by atoms with van der Waals surface area (Å²) in [5, 5.41) is 7.21. The van der Waals surface area contributed by atoms with E-state index < -0.39 is 0 Å². The average Bonchev–Trinajstić information content (AvgIpc) is 2.65. The molecule has 0 amide bonds. The molecule has 0 aromatic rings. The summed E-state index contributed by atoms with van der Waals surface area (Å²) in [6.07, 6.45) is 5.25. The van der Waals surface area contributed by atoms with Crippen LogP contribution in [0.1, 0.15) is 53.4 Å². The Morgan fingerprint density at radius 2 is 1.65 bits per heavy atom. The van der Waals surface area contributed by atoms with E-state index in [0.29, 0.717) is 12.1 Å². The van der Waals surface area contributed by atoms with Crippen LogP contribution in [0.25, 0.3) is 0 Å². The van der Waals surface area contributed by atoms with Crippen molar-refractivity contribution in [1.29, 1.82) is 0 Å². The molecule has 2 fully saturated rings. The van der Waals surface area contributed by atoms with Gasteiger partial charge in [0.05, 0.1) is 0 Å². The van der Waals surface area contributed by atoms with Gasteiger partial charge in [-0.05, 0) is 51.0 Å². The van der Waals surface area contributed by atoms with Gasteiger partial charge in [0.25, 0.3) is 0 Å². The zero-order chi connectivity index (χ0) is 18.2. The Kier molecular flexibility index (Phi) is 11.4. The van der Waals surface area contributed by atoms with Gasteiger partial charge in [0, 0.05) is 51.9 Å². The number of nitrogens with one attached hydrogen (secondary N) is 2. The lowest BCUT2D eigenvalue weighted by atomic mass is 9.80. The Bertz CT molecular complexity index is 399. The zero-order valence-electron chi connectivity index (χ0n) is 17.6. The zero-order valence-corrected chi connectivity index (χ0v) is 20.0. The first-order chi connectivity index (χ1) is 12.0. The highest BCUT2D eigenvalue weighted by atomic mass is 127. The van der Waals surface area contributed by atoms with Crippen molar-refractivity contribution in [1.82, 2.24) is 20.4 Å². The fourth-order valence-electron chi connectivity index (χ4n) is 4.21. The summed E-state index contributed by atoms with van der Waals surface area (Å²) in [6, 6.07) is 1.14. The summed E-state index contributed by atoms with van der Waals surface area (Å²) in [7, 11) is 1.89. The number of likely N-dealkylation sites (N-methyl/N-ethyl adjacent to an activating group) is 1. The van der Waals surface area contributed by atoms with Gasteiger partial charge in [-0.25, -0.2) is 0 Å². The molecule has 0 bridgehead atoms. The molecule has 5 nitrogen and oxygen atoms in total. The first-order valence-corrected chi connectivity index (χ1v) is 10.5. The molecule has 2 N–H and O–H groups in total. The van der Waals surface area contributed by atoms with Crippen LogP contribution in [-0.2, 0) is 0 Å². The molecule has 0 aromatic heterocycles. The number of hydrogen-bond donors (Lipinski definition) is 2. The second-order valence-electron chi connectivity index (χ2n) is 8.27. The van der Waals surface area contributed by atoms with Crippen LogP contribution in [0, 0.1) is 11.8 Å². The molecule has 1 atom stereocenters. The minimum atomic E-state index is 0. The van der Waals surface area contributed by atoms with E-state index in [1.165, 1.54) is 58.4 Å². The van der Waals surface area contributed by atoms with Crippen LogP contribution in [0.4, 0.5) is 0 Å². The van der Waals surface area contributed by atoms with Crippen molar-refractivity contribution in [2.24, 2.45) is 16.8 Å². The largest absolute Gasteiger partial charge is 0.355 e. The van der Waals surface area contributed by atoms with Gasteiger partial charge in [0.1, 0.15) is 0 Å².